The lowest BCUT2D eigenvalue weighted by molar-refractivity contribution is -0.127. The monoisotopic (exact) mass is 509 g/mol. The molecule has 0 spiro atoms. The Balaban J connectivity index is -0.00000182. The first-order valence-electron chi connectivity index (χ1n) is 9.00. The predicted molar refractivity (Wildman–Crippen MR) is 132 cm³/mol. The number of β-amino-alcohol motifs (C(OH)–C–C–N with tert-alkyl or cyclic N) is 1. The van der Waals surface area contributed by atoms with E-state index in [1.807, 2.05) is 25.7 Å². The summed E-state index contributed by atoms with van der Waals surface area (Å²) in [6.45, 7) is 6.67. The van der Waals surface area contributed by atoms with Gasteiger partial charge in [-0.2, -0.15) is 27.0 Å². The van der Waals surface area contributed by atoms with E-state index in [0.29, 0.717) is 6.54 Å². The minimum atomic E-state index is -0.944. The average molecular weight is 511 g/mol. The van der Waals surface area contributed by atoms with Crippen LogP contribution in [0.5, 0.6) is 0 Å². The zero-order chi connectivity index (χ0) is 19.5. The van der Waals surface area contributed by atoms with Crippen LogP contribution in [0.4, 0.5) is 8.78 Å². The molecule has 2 rings (SSSR count). The molecular formula is C19H35Cl2F2N3O2S2. The number of halogens is 4. The second kappa shape index (κ2) is 14.7. The second-order valence-electron chi connectivity index (χ2n) is 8.06. The van der Waals surface area contributed by atoms with E-state index in [9.17, 15) is 18.7 Å². The van der Waals surface area contributed by atoms with Gasteiger partial charge in [-0.05, 0) is 70.3 Å². The van der Waals surface area contributed by atoms with Crippen molar-refractivity contribution >= 4 is 57.7 Å². The van der Waals surface area contributed by atoms with Crippen molar-refractivity contribution in [2.45, 2.75) is 63.8 Å². The molecule has 1 aliphatic heterocycles. The van der Waals surface area contributed by atoms with Gasteiger partial charge in [0.25, 0.3) is 0 Å². The van der Waals surface area contributed by atoms with Crippen molar-refractivity contribution < 1.29 is 18.7 Å². The number of aliphatic hydroxyl groups is 1. The van der Waals surface area contributed by atoms with Crippen molar-refractivity contribution in [3.63, 3.8) is 0 Å². The molecule has 0 saturated carbocycles. The molecule has 4 N–H and O–H groups in total. The number of amides is 1. The van der Waals surface area contributed by atoms with E-state index in [0.717, 1.165) is 31.0 Å². The summed E-state index contributed by atoms with van der Waals surface area (Å²) in [6.07, 6.45) is 0.670. The molecule has 30 heavy (non-hydrogen) atoms. The highest BCUT2D eigenvalue weighted by Gasteiger charge is 2.34. The number of rotatable bonds is 6. The van der Waals surface area contributed by atoms with Crippen molar-refractivity contribution in [3.05, 3.63) is 35.4 Å². The third-order valence-electron chi connectivity index (χ3n) is 4.54. The summed E-state index contributed by atoms with van der Waals surface area (Å²) in [7, 11) is 0. The Morgan fingerprint density at radius 2 is 1.90 bits per heavy atom. The van der Waals surface area contributed by atoms with Gasteiger partial charge in [0.2, 0.25) is 5.91 Å². The zero-order valence-electron chi connectivity index (χ0n) is 17.5. The van der Waals surface area contributed by atoms with Crippen LogP contribution in [0.2, 0.25) is 0 Å². The molecule has 5 nitrogen and oxygen atoms in total. The van der Waals surface area contributed by atoms with E-state index in [-0.39, 0.29) is 87.8 Å². The number of carbonyl (C=O) groups excluding carboxylic acids is 1. The van der Waals surface area contributed by atoms with Crippen LogP contribution < -0.4 is 11.1 Å². The van der Waals surface area contributed by atoms with Crippen LogP contribution in [0.15, 0.2) is 18.2 Å². The molecular weight excluding hydrogens is 475 g/mol. The number of nitrogens with one attached hydrogen (secondary N) is 1. The minimum absolute atomic E-state index is 0. The molecule has 11 heteroatoms. The summed E-state index contributed by atoms with van der Waals surface area (Å²) in [4.78, 5) is 14.3. The van der Waals surface area contributed by atoms with Gasteiger partial charge in [0.15, 0.2) is 0 Å². The maximum atomic E-state index is 13.8. The van der Waals surface area contributed by atoms with Gasteiger partial charge in [-0.15, -0.1) is 24.8 Å². The van der Waals surface area contributed by atoms with Crippen LogP contribution in [0.1, 0.15) is 39.2 Å². The topological polar surface area (TPSA) is 78.6 Å². The summed E-state index contributed by atoms with van der Waals surface area (Å²) < 4.78 is 27.0. The van der Waals surface area contributed by atoms with Gasteiger partial charge >= 0.3 is 0 Å². The minimum Gasteiger partial charge on any atom is -0.390 e. The Labute approximate surface area is 204 Å². The fourth-order valence-corrected chi connectivity index (χ4v) is 3.26. The van der Waals surface area contributed by atoms with Crippen LogP contribution in [0.3, 0.4) is 0 Å². The average Bonchev–Trinajstić information content (AvgIpc) is 2.97. The van der Waals surface area contributed by atoms with E-state index in [4.69, 9.17) is 5.73 Å². The number of aliphatic hydroxyl groups excluding tert-OH is 1. The van der Waals surface area contributed by atoms with Gasteiger partial charge in [0, 0.05) is 18.1 Å². The van der Waals surface area contributed by atoms with Crippen molar-refractivity contribution in [1.29, 1.82) is 0 Å². The molecule has 1 fully saturated rings. The third kappa shape index (κ3) is 10.3. The Morgan fingerprint density at radius 1 is 1.30 bits per heavy atom. The smallest absolute Gasteiger partial charge is 0.237 e. The molecule has 1 heterocycles. The highest BCUT2D eigenvalue weighted by Crippen LogP contribution is 2.20. The predicted octanol–water partition coefficient (Wildman–Crippen LogP) is 2.64. The Morgan fingerprint density at radius 3 is 2.47 bits per heavy atom. The third-order valence-corrected chi connectivity index (χ3v) is 4.54. The second-order valence-corrected chi connectivity index (χ2v) is 8.06. The van der Waals surface area contributed by atoms with Crippen LogP contribution in [0.25, 0.3) is 0 Å². The molecule has 1 amide bonds. The Hall–Kier alpha value is -0.290. The molecule has 0 radical (unpaired) electrons. The molecule has 0 unspecified atom stereocenters. The molecule has 1 aromatic carbocycles. The van der Waals surface area contributed by atoms with Gasteiger partial charge in [0.1, 0.15) is 11.6 Å². The molecule has 1 aliphatic rings. The number of likely N-dealkylation sites (tertiary alicyclic amines) is 1. The molecule has 0 aromatic heterocycles. The van der Waals surface area contributed by atoms with E-state index >= 15 is 0 Å². The Bertz CT molecular complexity index is 655. The van der Waals surface area contributed by atoms with Crippen molar-refractivity contribution in [3.8, 4) is 0 Å². The first-order chi connectivity index (χ1) is 12.1. The summed E-state index contributed by atoms with van der Waals surface area (Å²) in [5.41, 5.74) is 5.82. The SMILES string of the molecule is CC(C)(C)NC(=O)[C@@H]1CCCN1C[C@H](O)[C@H](N)Cc1cc(F)ccc1F.Cl.Cl.S.S. The zero-order valence-corrected chi connectivity index (χ0v) is 21.1. The van der Waals surface area contributed by atoms with Crippen LogP contribution in [-0.4, -0.2) is 52.7 Å². The number of benzene rings is 1. The largest absolute Gasteiger partial charge is 0.390 e. The van der Waals surface area contributed by atoms with E-state index in [2.05, 4.69) is 5.32 Å². The van der Waals surface area contributed by atoms with Crippen LogP contribution in [0, 0.1) is 11.6 Å². The number of carbonyl (C=O) groups is 1. The van der Waals surface area contributed by atoms with Gasteiger partial charge < -0.3 is 16.2 Å². The molecule has 3 atom stereocenters. The lowest BCUT2D eigenvalue weighted by Gasteiger charge is -2.31. The maximum Gasteiger partial charge on any atom is 0.237 e. The first kappa shape index (κ1) is 34.3. The van der Waals surface area contributed by atoms with Crippen molar-refractivity contribution in [2.24, 2.45) is 5.73 Å². The fraction of sp³-hybridized carbons (Fsp3) is 0.632. The number of nitrogens with zero attached hydrogens (tertiary/aromatic N) is 1. The quantitative estimate of drug-likeness (QED) is 0.550. The summed E-state index contributed by atoms with van der Waals surface area (Å²) in [5.74, 6) is -1.15. The van der Waals surface area contributed by atoms with E-state index in [1.165, 1.54) is 0 Å². The normalized spacial score (nSPS) is 18.0. The lowest BCUT2D eigenvalue weighted by Crippen LogP contribution is -2.53. The summed E-state index contributed by atoms with van der Waals surface area (Å²) in [5, 5.41) is 13.4. The maximum absolute atomic E-state index is 13.8. The highest BCUT2D eigenvalue weighted by molar-refractivity contribution is 7.59. The van der Waals surface area contributed by atoms with Crippen LogP contribution >= 0.6 is 51.8 Å². The van der Waals surface area contributed by atoms with Gasteiger partial charge in [-0.1, -0.05) is 0 Å². The number of hydrogen-bond acceptors (Lipinski definition) is 4. The first-order valence-corrected chi connectivity index (χ1v) is 9.00. The van der Waals surface area contributed by atoms with Crippen molar-refractivity contribution in [1.82, 2.24) is 10.2 Å². The summed E-state index contributed by atoms with van der Waals surface area (Å²) in [6, 6.07) is 2.14. The number of nitrogens with two attached hydrogens (primary N) is 1. The van der Waals surface area contributed by atoms with Crippen molar-refractivity contribution in [2.75, 3.05) is 13.1 Å². The molecule has 1 saturated heterocycles. The Kier molecular flexibility index (Phi) is 16.8. The van der Waals surface area contributed by atoms with Gasteiger partial charge in [-0.3, -0.25) is 9.69 Å². The molecule has 1 aromatic rings. The van der Waals surface area contributed by atoms with Gasteiger partial charge in [0.05, 0.1) is 12.1 Å². The van der Waals surface area contributed by atoms with Gasteiger partial charge in [-0.25, -0.2) is 8.78 Å². The summed E-state index contributed by atoms with van der Waals surface area (Å²) >= 11 is 0. The molecule has 178 valence electrons. The van der Waals surface area contributed by atoms with Crippen LogP contribution in [-0.2, 0) is 11.2 Å². The molecule has 0 aliphatic carbocycles. The fourth-order valence-electron chi connectivity index (χ4n) is 3.26. The van der Waals surface area contributed by atoms with E-state index < -0.39 is 23.8 Å². The lowest BCUT2D eigenvalue weighted by atomic mass is 10.0. The van der Waals surface area contributed by atoms with E-state index in [1.54, 1.807) is 0 Å². The standard InChI is InChI=1S/C19H29F2N3O2.2ClH.2H2S/c1-19(2,3)23-18(26)16-5-4-8-24(16)11-17(25)15(22)10-12-9-13(20)6-7-14(12)21;;;;/h6-7,9,15-17,25H,4-5,8,10-11,22H2,1-3H3,(H,23,26);2*1H;2*1H2/t15-,16+,17+;;;;/m1..../s1. The number of hydrogen-bond donors (Lipinski definition) is 3. The highest BCUT2D eigenvalue weighted by atomic mass is 35.5. The molecule has 0 bridgehead atoms.